The van der Waals surface area contributed by atoms with Gasteiger partial charge in [0.1, 0.15) is 5.69 Å². The van der Waals surface area contributed by atoms with E-state index in [1.165, 1.54) is 5.56 Å². The van der Waals surface area contributed by atoms with Gasteiger partial charge in [-0.25, -0.2) is 4.79 Å². The molecule has 0 fully saturated rings. The van der Waals surface area contributed by atoms with Crippen LogP contribution in [0, 0.1) is 0 Å². The Hall–Kier alpha value is -2.08. The lowest BCUT2D eigenvalue weighted by molar-refractivity contribution is -0.133. The Kier molecular flexibility index (Phi) is 5.98. The van der Waals surface area contributed by atoms with Crippen molar-refractivity contribution >= 4 is 27.8 Å². The molecule has 1 N–H and O–H groups in total. The van der Waals surface area contributed by atoms with E-state index in [1.54, 1.807) is 24.2 Å². The number of aryl methyl sites for hydroxylation is 1. The van der Waals surface area contributed by atoms with Gasteiger partial charge in [0.25, 0.3) is 5.91 Å². The Labute approximate surface area is 143 Å². The van der Waals surface area contributed by atoms with Gasteiger partial charge in [-0.2, -0.15) is 0 Å². The van der Waals surface area contributed by atoms with Crippen LogP contribution in [-0.2, 0) is 22.5 Å². The molecule has 0 aliphatic carbocycles. The molecule has 5 nitrogen and oxygen atoms in total. The number of ether oxygens (including phenoxy) is 1. The van der Waals surface area contributed by atoms with Gasteiger partial charge >= 0.3 is 5.97 Å². The van der Waals surface area contributed by atoms with Gasteiger partial charge in [0, 0.05) is 24.3 Å². The first kappa shape index (κ1) is 17.3. The number of halogens is 1. The largest absolute Gasteiger partial charge is 0.451 e. The van der Waals surface area contributed by atoms with Crippen molar-refractivity contribution in [2.45, 2.75) is 19.9 Å². The van der Waals surface area contributed by atoms with Gasteiger partial charge in [0.05, 0.1) is 0 Å². The lowest BCUT2D eigenvalue weighted by Gasteiger charge is -2.17. The van der Waals surface area contributed by atoms with Crippen molar-refractivity contribution in [1.82, 2.24) is 9.88 Å². The van der Waals surface area contributed by atoms with Gasteiger partial charge in [-0.15, -0.1) is 0 Å². The van der Waals surface area contributed by atoms with E-state index in [4.69, 9.17) is 4.74 Å². The Morgan fingerprint density at radius 3 is 2.43 bits per heavy atom. The molecule has 1 aromatic carbocycles. The van der Waals surface area contributed by atoms with Crippen LogP contribution >= 0.6 is 15.9 Å². The summed E-state index contributed by atoms with van der Waals surface area (Å²) in [5.74, 6) is -0.798. The molecule has 122 valence electrons. The molecule has 0 unspecified atom stereocenters. The highest BCUT2D eigenvalue weighted by Crippen LogP contribution is 2.11. The Morgan fingerprint density at radius 1 is 1.22 bits per heavy atom. The van der Waals surface area contributed by atoms with Crippen LogP contribution in [0.25, 0.3) is 0 Å². The predicted octanol–water partition coefficient (Wildman–Crippen LogP) is 3.16. The second kappa shape index (κ2) is 7.97. The maximum atomic E-state index is 12.0. The van der Waals surface area contributed by atoms with Crippen LogP contribution in [0.5, 0.6) is 0 Å². The normalized spacial score (nSPS) is 10.4. The number of aromatic amines is 1. The van der Waals surface area contributed by atoms with Gasteiger partial charge in [0.15, 0.2) is 6.61 Å². The first-order valence-electron chi connectivity index (χ1n) is 7.32. The number of nitrogens with one attached hydrogen (secondary N) is 1. The highest BCUT2D eigenvalue weighted by Gasteiger charge is 2.15. The number of nitrogens with zero attached hydrogens (tertiary/aromatic N) is 1. The summed E-state index contributed by atoms with van der Waals surface area (Å²) in [6.07, 6.45) is 2.62. The summed E-state index contributed by atoms with van der Waals surface area (Å²) in [4.78, 5) is 28.1. The summed E-state index contributed by atoms with van der Waals surface area (Å²) in [7, 11) is 1.69. The molecule has 0 bridgehead atoms. The summed E-state index contributed by atoms with van der Waals surface area (Å²) in [5, 5.41) is 0. The molecule has 0 radical (unpaired) electrons. The third-order valence-electron chi connectivity index (χ3n) is 3.47. The maximum Gasteiger partial charge on any atom is 0.355 e. The number of carbonyl (C=O) groups excluding carboxylic acids is 2. The van der Waals surface area contributed by atoms with Crippen LogP contribution in [0.1, 0.15) is 28.5 Å². The highest BCUT2D eigenvalue weighted by atomic mass is 79.9. The number of benzene rings is 1. The second-order valence-electron chi connectivity index (χ2n) is 5.23. The molecule has 2 aromatic rings. The smallest absolute Gasteiger partial charge is 0.355 e. The van der Waals surface area contributed by atoms with E-state index in [2.05, 4.69) is 40.0 Å². The van der Waals surface area contributed by atoms with E-state index in [0.717, 1.165) is 16.5 Å². The fraction of sp³-hybridized carbons (Fsp3) is 0.294. The molecule has 0 atom stereocenters. The van der Waals surface area contributed by atoms with E-state index in [9.17, 15) is 9.59 Å². The van der Waals surface area contributed by atoms with E-state index in [1.807, 2.05) is 12.1 Å². The van der Waals surface area contributed by atoms with E-state index < -0.39 is 5.97 Å². The van der Waals surface area contributed by atoms with Crippen LogP contribution < -0.4 is 0 Å². The molecule has 0 saturated heterocycles. The van der Waals surface area contributed by atoms with Crippen molar-refractivity contribution in [2.75, 3.05) is 13.7 Å². The van der Waals surface area contributed by atoms with Crippen LogP contribution in [0.4, 0.5) is 0 Å². The number of rotatable bonds is 6. The number of aromatic nitrogens is 1. The minimum absolute atomic E-state index is 0.247. The fourth-order valence-electron chi connectivity index (χ4n) is 2.04. The standard InChI is InChI=1S/C17H19BrN2O3/c1-3-12-4-6-13(7-5-12)10-20(2)16(21)11-23-17(22)15-8-14(18)9-19-15/h4-9,19H,3,10-11H2,1-2H3. The molecule has 0 spiro atoms. The number of hydrogen-bond acceptors (Lipinski definition) is 3. The first-order chi connectivity index (χ1) is 11.0. The molecular formula is C17H19BrN2O3. The lowest BCUT2D eigenvalue weighted by atomic mass is 10.1. The summed E-state index contributed by atoms with van der Waals surface area (Å²) in [6.45, 7) is 2.30. The zero-order chi connectivity index (χ0) is 16.8. The average molecular weight is 379 g/mol. The molecule has 23 heavy (non-hydrogen) atoms. The molecule has 2 rings (SSSR count). The van der Waals surface area contributed by atoms with Gasteiger partial charge < -0.3 is 14.6 Å². The quantitative estimate of drug-likeness (QED) is 0.785. The number of amides is 1. The average Bonchev–Trinajstić information content (AvgIpc) is 2.99. The van der Waals surface area contributed by atoms with Crippen molar-refractivity contribution in [3.8, 4) is 0 Å². The fourth-order valence-corrected chi connectivity index (χ4v) is 2.39. The molecule has 0 aliphatic rings. The van der Waals surface area contributed by atoms with Gasteiger partial charge in [0.2, 0.25) is 0 Å². The number of hydrogen-bond donors (Lipinski definition) is 1. The summed E-state index contributed by atoms with van der Waals surface area (Å²) in [5.41, 5.74) is 2.61. The molecule has 6 heteroatoms. The van der Waals surface area contributed by atoms with Gasteiger partial charge in [-0.1, -0.05) is 31.2 Å². The minimum Gasteiger partial charge on any atom is -0.451 e. The monoisotopic (exact) mass is 378 g/mol. The third kappa shape index (κ3) is 4.96. The zero-order valence-corrected chi connectivity index (χ0v) is 14.7. The third-order valence-corrected chi connectivity index (χ3v) is 3.93. The summed E-state index contributed by atoms with van der Waals surface area (Å²) in [6, 6.07) is 9.72. The van der Waals surface area contributed by atoms with Crippen molar-refractivity contribution in [1.29, 1.82) is 0 Å². The molecule has 1 heterocycles. The molecular weight excluding hydrogens is 360 g/mol. The number of likely N-dealkylation sites (N-methyl/N-ethyl adjacent to an activating group) is 1. The van der Waals surface area contributed by atoms with E-state index in [0.29, 0.717) is 12.2 Å². The van der Waals surface area contributed by atoms with Crippen LogP contribution in [0.2, 0.25) is 0 Å². The summed E-state index contributed by atoms with van der Waals surface area (Å²) < 4.78 is 5.77. The SMILES string of the molecule is CCc1ccc(CN(C)C(=O)COC(=O)c2cc(Br)c[nH]2)cc1. The van der Waals surface area contributed by atoms with E-state index in [-0.39, 0.29) is 12.5 Å². The minimum atomic E-state index is -0.551. The summed E-state index contributed by atoms with van der Waals surface area (Å²) >= 11 is 3.24. The van der Waals surface area contributed by atoms with Crippen molar-refractivity contribution in [2.24, 2.45) is 0 Å². The van der Waals surface area contributed by atoms with Crippen LogP contribution in [0.3, 0.4) is 0 Å². The Bertz CT molecular complexity index is 679. The Morgan fingerprint density at radius 2 is 1.87 bits per heavy atom. The van der Waals surface area contributed by atoms with Crippen molar-refractivity contribution in [3.63, 3.8) is 0 Å². The van der Waals surface area contributed by atoms with Gasteiger partial charge in [-0.05, 0) is 39.5 Å². The lowest BCUT2D eigenvalue weighted by Crippen LogP contribution is -2.30. The molecule has 0 saturated carbocycles. The van der Waals surface area contributed by atoms with Gasteiger partial charge in [-0.3, -0.25) is 4.79 Å². The second-order valence-corrected chi connectivity index (χ2v) is 6.14. The molecule has 1 amide bonds. The van der Waals surface area contributed by atoms with E-state index >= 15 is 0 Å². The number of esters is 1. The van der Waals surface area contributed by atoms with Crippen LogP contribution in [0.15, 0.2) is 41.0 Å². The molecule has 0 aliphatic heterocycles. The first-order valence-corrected chi connectivity index (χ1v) is 8.11. The van der Waals surface area contributed by atoms with Crippen LogP contribution in [-0.4, -0.2) is 35.4 Å². The predicted molar refractivity (Wildman–Crippen MR) is 91.1 cm³/mol. The highest BCUT2D eigenvalue weighted by molar-refractivity contribution is 9.10. The molecule has 1 aromatic heterocycles. The number of carbonyl (C=O) groups is 2. The van der Waals surface area contributed by atoms with Crippen molar-refractivity contribution in [3.05, 3.63) is 57.8 Å². The van der Waals surface area contributed by atoms with Crippen molar-refractivity contribution < 1.29 is 14.3 Å². The maximum absolute atomic E-state index is 12.0. The topological polar surface area (TPSA) is 62.4 Å². The Balaban J connectivity index is 1.83. The zero-order valence-electron chi connectivity index (χ0n) is 13.1. The number of H-pyrrole nitrogens is 1.